The molecule has 0 fully saturated rings. The van der Waals surface area contributed by atoms with Crippen molar-refractivity contribution in [2.45, 2.75) is 13.8 Å². The Labute approximate surface area is 83.4 Å². The molecule has 14 heavy (non-hydrogen) atoms. The second-order valence-corrected chi connectivity index (χ2v) is 3.38. The summed E-state index contributed by atoms with van der Waals surface area (Å²) in [6.07, 6.45) is 1.51. The lowest BCUT2D eigenvalue weighted by atomic mass is 10.2. The van der Waals surface area contributed by atoms with Gasteiger partial charge in [0.2, 0.25) is 6.08 Å². The van der Waals surface area contributed by atoms with Crippen LogP contribution >= 0.6 is 0 Å². The summed E-state index contributed by atoms with van der Waals surface area (Å²) in [5.41, 5.74) is 0.531. The summed E-state index contributed by atoms with van der Waals surface area (Å²) in [6.45, 7) is 4.74. The van der Waals surface area contributed by atoms with Crippen LogP contribution in [0.5, 0.6) is 5.75 Å². The number of rotatable bonds is 4. The lowest BCUT2D eigenvalue weighted by Crippen LogP contribution is -2.04. The number of benzene rings is 1. The van der Waals surface area contributed by atoms with Gasteiger partial charge in [-0.15, -0.1) is 0 Å². The third kappa shape index (κ3) is 3.04. The van der Waals surface area contributed by atoms with Gasteiger partial charge in [0.25, 0.3) is 0 Å². The van der Waals surface area contributed by atoms with Crippen LogP contribution in [0.15, 0.2) is 29.3 Å². The van der Waals surface area contributed by atoms with E-state index in [1.165, 1.54) is 6.08 Å². The highest BCUT2D eigenvalue weighted by atomic mass is 16.5. The molecule has 0 amide bonds. The lowest BCUT2D eigenvalue weighted by molar-refractivity contribution is 0.272. The van der Waals surface area contributed by atoms with Crippen molar-refractivity contribution < 1.29 is 9.53 Å². The van der Waals surface area contributed by atoms with Crippen LogP contribution in [0.1, 0.15) is 13.8 Å². The van der Waals surface area contributed by atoms with Crippen molar-refractivity contribution in [3.8, 4) is 5.75 Å². The molecule has 0 N–H and O–H groups in total. The van der Waals surface area contributed by atoms with E-state index < -0.39 is 0 Å². The molecule has 0 aliphatic rings. The molecule has 0 spiro atoms. The number of para-hydroxylation sites is 2. The maximum absolute atomic E-state index is 10.1. The highest BCUT2D eigenvalue weighted by Gasteiger charge is 2.02. The number of carbonyl (C=O) groups excluding carboxylic acids is 1. The molecule has 0 saturated carbocycles. The average molecular weight is 191 g/mol. The number of isocyanates is 1. The molecular weight excluding hydrogens is 178 g/mol. The normalized spacial score (nSPS) is 9.64. The maximum Gasteiger partial charge on any atom is 0.240 e. The zero-order chi connectivity index (χ0) is 10.4. The quantitative estimate of drug-likeness (QED) is 0.542. The molecule has 0 saturated heterocycles. The van der Waals surface area contributed by atoms with Gasteiger partial charge in [0.1, 0.15) is 11.4 Å². The molecule has 1 rings (SSSR count). The highest BCUT2D eigenvalue weighted by Crippen LogP contribution is 2.26. The molecule has 0 atom stereocenters. The Hall–Kier alpha value is -1.60. The van der Waals surface area contributed by atoms with Crippen LogP contribution in [-0.2, 0) is 4.79 Å². The summed E-state index contributed by atoms with van der Waals surface area (Å²) in [5, 5.41) is 0. The second-order valence-electron chi connectivity index (χ2n) is 3.38. The molecule has 1 aromatic carbocycles. The smallest absolute Gasteiger partial charge is 0.240 e. The lowest BCUT2D eigenvalue weighted by Gasteiger charge is -2.09. The van der Waals surface area contributed by atoms with Crippen LogP contribution in [0.4, 0.5) is 5.69 Å². The molecule has 0 bridgehead atoms. The minimum absolute atomic E-state index is 0.447. The summed E-state index contributed by atoms with van der Waals surface area (Å²) < 4.78 is 5.48. The summed E-state index contributed by atoms with van der Waals surface area (Å²) in [7, 11) is 0. The van der Waals surface area contributed by atoms with Crippen molar-refractivity contribution in [2.75, 3.05) is 6.61 Å². The predicted octanol–water partition coefficient (Wildman–Crippen LogP) is 2.69. The van der Waals surface area contributed by atoms with Crippen molar-refractivity contribution in [1.82, 2.24) is 0 Å². The van der Waals surface area contributed by atoms with Crippen LogP contribution in [0.25, 0.3) is 0 Å². The van der Waals surface area contributed by atoms with E-state index >= 15 is 0 Å². The largest absolute Gasteiger partial charge is 0.491 e. The van der Waals surface area contributed by atoms with E-state index in [-0.39, 0.29) is 0 Å². The van der Waals surface area contributed by atoms with Gasteiger partial charge in [0.05, 0.1) is 6.61 Å². The van der Waals surface area contributed by atoms with E-state index in [0.717, 1.165) is 0 Å². The molecular formula is C11H13NO2. The van der Waals surface area contributed by atoms with Crippen molar-refractivity contribution >= 4 is 11.8 Å². The van der Waals surface area contributed by atoms with Gasteiger partial charge in [0.15, 0.2) is 0 Å². The fraction of sp³-hybridized carbons (Fsp3) is 0.364. The van der Waals surface area contributed by atoms with E-state index in [2.05, 4.69) is 18.8 Å². The van der Waals surface area contributed by atoms with E-state index in [4.69, 9.17) is 4.74 Å². The second kappa shape index (κ2) is 5.20. The average Bonchev–Trinajstić information content (AvgIpc) is 2.17. The van der Waals surface area contributed by atoms with E-state index in [0.29, 0.717) is 24.0 Å². The van der Waals surface area contributed by atoms with Gasteiger partial charge in [-0.3, -0.25) is 0 Å². The molecule has 0 unspecified atom stereocenters. The number of hydrogen-bond acceptors (Lipinski definition) is 3. The van der Waals surface area contributed by atoms with Crippen LogP contribution in [0.2, 0.25) is 0 Å². The van der Waals surface area contributed by atoms with Gasteiger partial charge in [-0.2, -0.15) is 4.99 Å². The topological polar surface area (TPSA) is 38.7 Å². The molecule has 0 aliphatic heterocycles. The Morgan fingerprint density at radius 1 is 1.43 bits per heavy atom. The molecule has 0 aromatic heterocycles. The fourth-order valence-electron chi connectivity index (χ4n) is 0.977. The van der Waals surface area contributed by atoms with Crippen LogP contribution < -0.4 is 4.74 Å². The minimum atomic E-state index is 0.447. The van der Waals surface area contributed by atoms with Gasteiger partial charge in [-0.25, -0.2) is 4.79 Å². The Morgan fingerprint density at radius 2 is 2.14 bits per heavy atom. The van der Waals surface area contributed by atoms with Gasteiger partial charge in [0, 0.05) is 0 Å². The summed E-state index contributed by atoms with van der Waals surface area (Å²) in [5.74, 6) is 1.08. The van der Waals surface area contributed by atoms with Crippen LogP contribution in [-0.4, -0.2) is 12.7 Å². The number of aliphatic imine (C=N–C) groups is 1. The first-order chi connectivity index (χ1) is 6.74. The zero-order valence-corrected chi connectivity index (χ0v) is 8.36. The van der Waals surface area contributed by atoms with Gasteiger partial charge in [-0.05, 0) is 18.1 Å². The van der Waals surface area contributed by atoms with E-state index in [1.54, 1.807) is 18.2 Å². The molecule has 3 nitrogen and oxygen atoms in total. The van der Waals surface area contributed by atoms with Crippen molar-refractivity contribution in [2.24, 2.45) is 10.9 Å². The van der Waals surface area contributed by atoms with Gasteiger partial charge < -0.3 is 4.74 Å². The molecule has 0 aliphatic carbocycles. The van der Waals surface area contributed by atoms with Crippen molar-refractivity contribution in [1.29, 1.82) is 0 Å². The first-order valence-electron chi connectivity index (χ1n) is 4.53. The predicted molar refractivity (Wildman–Crippen MR) is 54.6 cm³/mol. The monoisotopic (exact) mass is 191 g/mol. The minimum Gasteiger partial charge on any atom is -0.491 e. The number of ether oxygens (including phenoxy) is 1. The van der Waals surface area contributed by atoms with E-state index in [9.17, 15) is 4.79 Å². The molecule has 3 heteroatoms. The molecule has 0 radical (unpaired) electrons. The SMILES string of the molecule is CC(C)COc1ccccc1N=C=O. The molecule has 1 aromatic rings. The number of hydrogen-bond donors (Lipinski definition) is 0. The van der Waals surface area contributed by atoms with Crippen molar-refractivity contribution in [3.05, 3.63) is 24.3 Å². The Balaban J connectivity index is 2.79. The van der Waals surface area contributed by atoms with Gasteiger partial charge in [-0.1, -0.05) is 26.0 Å². The Kier molecular flexibility index (Phi) is 3.89. The summed E-state index contributed by atoms with van der Waals surface area (Å²) in [6, 6.07) is 7.16. The third-order valence-electron chi connectivity index (χ3n) is 1.60. The number of nitrogens with zero attached hydrogens (tertiary/aromatic N) is 1. The maximum atomic E-state index is 10.1. The Bertz CT molecular complexity index is 341. The van der Waals surface area contributed by atoms with Crippen molar-refractivity contribution in [3.63, 3.8) is 0 Å². The highest BCUT2D eigenvalue weighted by molar-refractivity contribution is 5.57. The molecule has 0 heterocycles. The summed E-state index contributed by atoms with van der Waals surface area (Å²) >= 11 is 0. The van der Waals surface area contributed by atoms with E-state index in [1.807, 2.05) is 6.07 Å². The molecule has 74 valence electrons. The van der Waals surface area contributed by atoms with Crippen LogP contribution in [0, 0.1) is 5.92 Å². The van der Waals surface area contributed by atoms with Crippen LogP contribution in [0.3, 0.4) is 0 Å². The Morgan fingerprint density at radius 3 is 2.79 bits per heavy atom. The third-order valence-corrected chi connectivity index (χ3v) is 1.60. The van der Waals surface area contributed by atoms with Gasteiger partial charge >= 0.3 is 0 Å². The first kappa shape index (κ1) is 10.5. The first-order valence-corrected chi connectivity index (χ1v) is 4.53. The zero-order valence-electron chi connectivity index (χ0n) is 8.36. The standard InChI is InChI=1S/C11H13NO2/c1-9(2)7-14-11-6-4-3-5-10(11)12-8-13/h3-6,9H,7H2,1-2H3. The summed E-state index contributed by atoms with van der Waals surface area (Å²) in [4.78, 5) is 13.7. The fourth-order valence-corrected chi connectivity index (χ4v) is 0.977.